The molecule has 1 aromatic carbocycles. The SMILES string of the molecule is C#CCOCCOCCOCCOCCOCCOCCOCCOCCOCCOCCOCCOCCOc1ccccc1N. The Labute approximate surface area is 280 Å². The highest BCUT2D eigenvalue weighted by Crippen LogP contribution is 2.19. The fourth-order valence-corrected chi connectivity index (χ4v) is 3.37. The van der Waals surface area contributed by atoms with E-state index in [0.717, 1.165) is 0 Å². The summed E-state index contributed by atoms with van der Waals surface area (Å²) in [7, 11) is 0. The van der Waals surface area contributed by atoms with E-state index in [1.54, 1.807) is 6.07 Å². The lowest BCUT2D eigenvalue weighted by atomic mass is 10.3. The predicted octanol–water partition coefficient (Wildman–Crippen LogP) is 1.48. The van der Waals surface area contributed by atoms with Crippen LogP contribution >= 0.6 is 0 Å². The van der Waals surface area contributed by atoms with Crippen molar-refractivity contribution in [2.75, 3.05) is 171 Å². The molecule has 1 rings (SSSR count). The van der Waals surface area contributed by atoms with E-state index in [0.29, 0.717) is 177 Å². The fourth-order valence-electron chi connectivity index (χ4n) is 3.37. The number of ether oxygens (including phenoxy) is 13. The molecule has 2 N–H and O–H groups in total. The molecule has 0 fully saturated rings. The largest absolute Gasteiger partial charge is 0.489 e. The van der Waals surface area contributed by atoms with Gasteiger partial charge in [0.1, 0.15) is 19.0 Å². The molecule has 14 nitrogen and oxygen atoms in total. The van der Waals surface area contributed by atoms with Gasteiger partial charge in [0.2, 0.25) is 0 Å². The number of nitrogen functional groups attached to an aromatic ring is 1. The van der Waals surface area contributed by atoms with Gasteiger partial charge in [-0.3, -0.25) is 0 Å². The third-order valence-corrected chi connectivity index (χ3v) is 5.68. The van der Waals surface area contributed by atoms with Crippen molar-refractivity contribution in [1.82, 2.24) is 0 Å². The predicted molar refractivity (Wildman–Crippen MR) is 175 cm³/mol. The Morgan fingerprint density at radius 1 is 0.383 bits per heavy atom. The van der Waals surface area contributed by atoms with E-state index in [1.807, 2.05) is 18.2 Å². The van der Waals surface area contributed by atoms with E-state index < -0.39 is 0 Å². The lowest BCUT2D eigenvalue weighted by molar-refractivity contribution is -0.0283. The summed E-state index contributed by atoms with van der Waals surface area (Å²) in [5.74, 6) is 3.06. The van der Waals surface area contributed by atoms with Crippen LogP contribution in [0, 0.1) is 12.3 Å². The molecule has 0 spiro atoms. The molecule has 0 aromatic heterocycles. The van der Waals surface area contributed by atoms with Crippen molar-refractivity contribution in [1.29, 1.82) is 0 Å². The molecule has 0 atom stereocenters. The number of hydrogen-bond acceptors (Lipinski definition) is 14. The number of anilines is 1. The van der Waals surface area contributed by atoms with Crippen LogP contribution in [0.25, 0.3) is 0 Å². The van der Waals surface area contributed by atoms with Crippen LogP contribution in [0.2, 0.25) is 0 Å². The summed E-state index contributed by atoms with van der Waals surface area (Å²) in [4.78, 5) is 0. The van der Waals surface area contributed by atoms with Crippen LogP contribution in [-0.4, -0.2) is 165 Å². The van der Waals surface area contributed by atoms with Crippen LogP contribution in [0.4, 0.5) is 5.69 Å². The lowest BCUT2D eigenvalue weighted by Gasteiger charge is -2.10. The minimum atomic E-state index is 0.305. The van der Waals surface area contributed by atoms with Gasteiger partial charge in [-0.25, -0.2) is 0 Å². The van der Waals surface area contributed by atoms with Crippen molar-refractivity contribution < 1.29 is 61.6 Å². The summed E-state index contributed by atoms with van der Waals surface area (Å²) in [6, 6.07) is 7.37. The Hall–Kier alpha value is -2.10. The highest BCUT2D eigenvalue weighted by atomic mass is 16.6. The van der Waals surface area contributed by atoms with Gasteiger partial charge in [0.05, 0.1) is 158 Å². The zero-order valence-corrected chi connectivity index (χ0v) is 27.9. The maximum absolute atomic E-state index is 5.82. The number of rotatable bonds is 38. The molecule has 0 amide bonds. The van der Waals surface area contributed by atoms with Gasteiger partial charge < -0.3 is 67.3 Å². The molecule has 0 unspecified atom stereocenters. The zero-order valence-electron chi connectivity index (χ0n) is 27.9. The van der Waals surface area contributed by atoms with Crippen LogP contribution < -0.4 is 10.5 Å². The highest BCUT2D eigenvalue weighted by Gasteiger charge is 1.99. The second kappa shape index (κ2) is 36.7. The van der Waals surface area contributed by atoms with Gasteiger partial charge in [-0.1, -0.05) is 18.1 Å². The smallest absolute Gasteiger partial charge is 0.142 e. The monoisotopic (exact) mass is 675 g/mol. The third kappa shape index (κ3) is 32.2. The molecule has 0 aliphatic rings. The molecule has 0 radical (unpaired) electrons. The molecular formula is C33H57NO13. The second-order valence-corrected chi connectivity index (χ2v) is 9.38. The summed E-state index contributed by atoms with van der Waals surface area (Å²) in [6.07, 6.45) is 5.08. The van der Waals surface area contributed by atoms with Crippen LogP contribution in [0.3, 0.4) is 0 Å². The lowest BCUT2D eigenvalue weighted by Crippen LogP contribution is -2.15. The van der Waals surface area contributed by atoms with Gasteiger partial charge in [0, 0.05) is 0 Å². The van der Waals surface area contributed by atoms with Gasteiger partial charge >= 0.3 is 0 Å². The molecule has 0 saturated heterocycles. The molecule has 0 saturated carbocycles. The van der Waals surface area contributed by atoms with Gasteiger partial charge in [0.25, 0.3) is 0 Å². The normalized spacial score (nSPS) is 11.2. The van der Waals surface area contributed by atoms with Crippen molar-refractivity contribution in [3.63, 3.8) is 0 Å². The first-order valence-corrected chi connectivity index (χ1v) is 16.2. The van der Waals surface area contributed by atoms with Gasteiger partial charge in [-0.15, -0.1) is 6.42 Å². The zero-order chi connectivity index (χ0) is 33.6. The quantitative estimate of drug-likeness (QED) is 0.0613. The summed E-state index contributed by atoms with van der Waals surface area (Å²) in [5.41, 5.74) is 6.43. The first kappa shape index (κ1) is 42.9. The van der Waals surface area contributed by atoms with E-state index in [2.05, 4.69) is 5.92 Å². The number of benzene rings is 1. The first-order valence-electron chi connectivity index (χ1n) is 16.2. The Morgan fingerprint density at radius 2 is 0.638 bits per heavy atom. The van der Waals surface area contributed by atoms with Crippen molar-refractivity contribution in [3.05, 3.63) is 24.3 Å². The molecule has 0 heterocycles. The standard InChI is InChI=1S/C33H57NO13/c1-2-7-35-8-9-36-10-11-37-12-13-38-14-15-39-16-17-40-18-19-41-20-21-42-22-23-43-24-25-44-26-27-45-28-29-46-30-31-47-33-6-4-3-5-32(33)34/h1,3-6H,7-31,34H2. The second-order valence-electron chi connectivity index (χ2n) is 9.38. The summed E-state index contributed by atoms with van der Waals surface area (Å²) in [5, 5.41) is 0. The van der Waals surface area contributed by atoms with E-state index >= 15 is 0 Å². The average Bonchev–Trinajstić information content (AvgIpc) is 3.08. The van der Waals surface area contributed by atoms with E-state index in [9.17, 15) is 0 Å². The fraction of sp³-hybridized carbons (Fsp3) is 0.758. The summed E-state index contributed by atoms with van der Waals surface area (Å²) >= 11 is 0. The third-order valence-electron chi connectivity index (χ3n) is 5.68. The average molecular weight is 676 g/mol. The Morgan fingerprint density at radius 3 is 0.915 bits per heavy atom. The Balaban J connectivity index is 1.62. The molecule has 14 heteroatoms. The Bertz CT molecular complexity index is 815. The topological polar surface area (TPSA) is 146 Å². The van der Waals surface area contributed by atoms with Crippen molar-refractivity contribution in [3.8, 4) is 18.1 Å². The number of para-hydroxylation sites is 2. The summed E-state index contributed by atoms with van der Waals surface area (Å²) < 4.78 is 70.6. The summed E-state index contributed by atoms with van der Waals surface area (Å²) in [6.45, 7) is 12.3. The molecule has 0 aliphatic heterocycles. The maximum atomic E-state index is 5.82. The van der Waals surface area contributed by atoms with Crippen molar-refractivity contribution in [2.24, 2.45) is 0 Å². The number of nitrogens with two attached hydrogens (primary N) is 1. The van der Waals surface area contributed by atoms with Crippen LogP contribution in [0.5, 0.6) is 5.75 Å². The maximum Gasteiger partial charge on any atom is 0.142 e. The van der Waals surface area contributed by atoms with Gasteiger partial charge in [-0.05, 0) is 12.1 Å². The van der Waals surface area contributed by atoms with Gasteiger partial charge in [0.15, 0.2) is 0 Å². The molecule has 1 aromatic rings. The molecular weight excluding hydrogens is 618 g/mol. The molecule has 47 heavy (non-hydrogen) atoms. The molecule has 272 valence electrons. The minimum Gasteiger partial charge on any atom is -0.489 e. The number of hydrogen-bond donors (Lipinski definition) is 1. The molecule has 0 bridgehead atoms. The van der Waals surface area contributed by atoms with Crippen LogP contribution in [0.1, 0.15) is 0 Å². The minimum absolute atomic E-state index is 0.305. The van der Waals surface area contributed by atoms with Crippen molar-refractivity contribution in [2.45, 2.75) is 0 Å². The number of terminal acetylenes is 1. The van der Waals surface area contributed by atoms with Gasteiger partial charge in [-0.2, -0.15) is 0 Å². The first-order chi connectivity index (χ1) is 23.3. The highest BCUT2D eigenvalue weighted by molar-refractivity contribution is 5.51. The van der Waals surface area contributed by atoms with Crippen LogP contribution in [0.15, 0.2) is 24.3 Å². The Kier molecular flexibility index (Phi) is 33.5. The van der Waals surface area contributed by atoms with E-state index in [1.165, 1.54) is 0 Å². The van der Waals surface area contributed by atoms with Crippen LogP contribution in [-0.2, 0) is 56.8 Å². The van der Waals surface area contributed by atoms with E-state index in [4.69, 9.17) is 73.7 Å². The van der Waals surface area contributed by atoms with E-state index in [-0.39, 0.29) is 0 Å². The molecule has 0 aliphatic carbocycles. The van der Waals surface area contributed by atoms with Crippen molar-refractivity contribution >= 4 is 5.69 Å².